The first-order valence-corrected chi connectivity index (χ1v) is 11.3. The average Bonchev–Trinajstić information content (AvgIpc) is 3.12. The average molecular weight is 450 g/mol. The molecule has 0 saturated heterocycles. The molecule has 0 aliphatic carbocycles. The molecule has 2 heterocycles. The van der Waals surface area contributed by atoms with E-state index < -0.39 is 36.6 Å². The molecule has 0 bridgehead atoms. The highest BCUT2D eigenvalue weighted by Gasteiger charge is 2.41. The van der Waals surface area contributed by atoms with Crippen molar-refractivity contribution in [1.82, 2.24) is 19.9 Å². The van der Waals surface area contributed by atoms with Gasteiger partial charge in [0.2, 0.25) is 0 Å². The van der Waals surface area contributed by atoms with Crippen LogP contribution in [0.3, 0.4) is 0 Å². The normalized spacial score (nSPS) is 13.1. The summed E-state index contributed by atoms with van der Waals surface area (Å²) in [6.07, 6.45) is 5.21. The molecular formula is C20H29N5O5P+. The number of nitrogens with zero attached hydrogens (tertiary/aromatic N) is 3. The van der Waals surface area contributed by atoms with Crippen molar-refractivity contribution in [2.75, 3.05) is 11.9 Å². The number of aromatic nitrogens is 4. The summed E-state index contributed by atoms with van der Waals surface area (Å²) in [5.41, 5.74) is 5.23. The number of allylic oxidation sites excluding steroid dienone is 2. The number of nitrogens with two attached hydrogens (primary N) is 1. The molecule has 2 aromatic rings. The first-order chi connectivity index (χ1) is 14.3. The lowest BCUT2D eigenvalue weighted by Gasteiger charge is -2.21. The fourth-order valence-corrected chi connectivity index (χ4v) is 3.08. The van der Waals surface area contributed by atoms with Crippen molar-refractivity contribution in [3.63, 3.8) is 0 Å². The predicted octanol–water partition coefficient (Wildman–Crippen LogP) is 3.32. The quantitative estimate of drug-likeness (QED) is 0.280. The topological polar surface area (TPSA) is 150 Å². The predicted molar refractivity (Wildman–Crippen MR) is 116 cm³/mol. The van der Waals surface area contributed by atoms with Gasteiger partial charge < -0.3 is 20.2 Å². The molecule has 3 N–H and O–H groups in total. The molecule has 1 atom stereocenters. The summed E-state index contributed by atoms with van der Waals surface area (Å²) in [5, 5.41) is 0. The third-order valence-electron chi connectivity index (χ3n) is 3.99. The van der Waals surface area contributed by atoms with E-state index >= 15 is 0 Å². The van der Waals surface area contributed by atoms with Crippen LogP contribution in [-0.2, 0) is 30.0 Å². The monoisotopic (exact) mass is 450 g/mol. The van der Waals surface area contributed by atoms with Gasteiger partial charge in [-0.05, 0) is 47.6 Å². The van der Waals surface area contributed by atoms with Crippen LogP contribution in [0.2, 0.25) is 0 Å². The van der Waals surface area contributed by atoms with Gasteiger partial charge in [-0.1, -0.05) is 10.6 Å². The molecule has 31 heavy (non-hydrogen) atoms. The summed E-state index contributed by atoms with van der Waals surface area (Å²) < 4.78 is 23.3. The number of imidazole rings is 1. The zero-order valence-corrected chi connectivity index (χ0v) is 19.5. The first-order valence-electron chi connectivity index (χ1n) is 9.75. The smallest absolute Gasteiger partial charge is 0.384 e. The van der Waals surface area contributed by atoms with E-state index in [0.717, 1.165) is 0 Å². The van der Waals surface area contributed by atoms with E-state index in [-0.39, 0.29) is 6.16 Å². The minimum absolute atomic E-state index is 0.0367. The summed E-state index contributed by atoms with van der Waals surface area (Å²) in [6, 6.07) is -1.47. The second-order valence-electron chi connectivity index (χ2n) is 9.02. The molecule has 0 aliphatic rings. The van der Waals surface area contributed by atoms with Crippen molar-refractivity contribution in [3.05, 3.63) is 24.3 Å². The molecule has 0 aliphatic heterocycles. The van der Waals surface area contributed by atoms with Crippen LogP contribution in [0.15, 0.2) is 18.5 Å². The number of hydrogen-bond donors (Lipinski definition) is 2. The number of anilines is 1. The first kappa shape index (κ1) is 24.4. The number of carbonyl (C=O) groups is 2. The van der Waals surface area contributed by atoms with Gasteiger partial charge in [-0.3, -0.25) is 9.59 Å². The Labute approximate surface area is 181 Å². The molecule has 0 amide bonds. The van der Waals surface area contributed by atoms with E-state index in [9.17, 15) is 14.2 Å². The Kier molecular flexibility index (Phi) is 7.49. The second-order valence-corrected chi connectivity index (χ2v) is 10.6. The highest BCUT2D eigenvalue weighted by atomic mass is 31.1. The van der Waals surface area contributed by atoms with Crippen LogP contribution in [0, 0.1) is 10.8 Å². The Morgan fingerprint density at radius 2 is 1.68 bits per heavy atom. The number of esters is 2. The van der Waals surface area contributed by atoms with E-state index in [1.54, 1.807) is 53.7 Å². The lowest BCUT2D eigenvalue weighted by molar-refractivity contribution is -0.184. The largest absolute Gasteiger partial charge is 0.451 e. The number of nitrogens with one attached hydrogen (secondary N) is 1. The van der Waals surface area contributed by atoms with Gasteiger partial charge in [0.25, 0.3) is 0 Å². The second kappa shape index (κ2) is 9.51. The SMILES string of the molecule is CC(C)(C)C(=O)OC(OC(=O)C(C)(C)C)[P+](=O)C/C=C/Cc1nc(N)c2[nH]cnc2n1. The van der Waals surface area contributed by atoms with Gasteiger partial charge in [0.05, 0.1) is 17.2 Å². The number of aromatic amines is 1. The van der Waals surface area contributed by atoms with Crippen LogP contribution in [-0.4, -0.2) is 44.1 Å². The standard InChI is InChI=1S/C20H29N5O5P/c1-19(2,3)16(26)29-18(30-17(27)20(4,5)6)31(28)10-8-7-9-12-24-14(21)13-15(25-12)23-11-22-13/h7-8,11,18H,9-10H2,1-6H3,(H3,21,22,23,24,25)/q+1/b8-7+. The fourth-order valence-electron chi connectivity index (χ4n) is 2.13. The van der Waals surface area contributed by atoms with E-state index in [4.69, 9.17) is 15.2 Å². The Hall–Kier alpha value is -2.87. The van der Waals surface area contributed by atoms with Gasteiger partial charge in [-0.2, -0.15) is 0 Å². The number of nitrogen functional groups attached to an aromatic ring is 1. The van der Waals surface area contributed by atoms with Gasteiger partial charge in [0, 0.05) is 6.42 Å². The minimum atomic E-state index is -2.22. The van der Waals surface area contributed by atoms with E-state index in [0.29, 0.717) is 29.2 Å². The Bertz CT molecular complexity index is 976. The molecule has 1 unspecified atom stereocenters. The zero-order chi connectivity index (χ0) is 23.4. The highest BCUT2D eigenvalue weighted by molar-refractivity contribution is 7.45. The number of hydrogen-bond acceptors (Lipinski definition) is 9. The van der Waals surface area contributed by atoms with E-state index in [2.05, 4.69) is 19.9 Å². The van der Waals surface area contributed by atoms with Crippen molar-refractivity contribution in [1.29, 1.82) is 0 Å². The molecule has 168 valence electrons. The molecule has 0 radical (unpaired) electrons. The van der Waals surface area contributed by atoms with Crippen molar-refractivity contribution < 1.29 is 23.6 Å². The van der Waals surface area contributed by atoms with Crippen LogP contribution >= 0.6 is 7.80 Å². The molecule has 0 saturated carbocycles. The number of fused-ring (bicyclic) bond motifs is 1. The molecule has 11 heteroatoms. The van der Waals surface area contributed by atoms with Crippen molar-refractivity contribution in [2.24, 2.45) is 10.8 Å². The van der Waals surface area contributed by atoms with Crippen LogP contribution in [0.5, 0.6) is 0 Å². The van der Waals surface area contributed by atoms with Crippen molar-refractivity contribution in [2.45, 2.75) is 54.0 Å². The van der Waals surface area contributed by atoms with Crippen LogP contribution < -0.4 is 5.73 Å². The van der Waals surface area contributed by atoms with Crippen LogP contribution in [0.25, 0.3) is 11.2 Å². The fraction of sp³-hybridized carbons (Fsp3) is 0.550. The number of rotatable bonds is 7. The molecule has 10 nitrogen and oxygen atoms in total. The third kappa shape index (κ3) is 6.82. The summed E-state index contributed by atoms with van der Waals surface area (Å²) >= 11 is 0. The maximum atomic E-state index is 12.8. The molecule has 0 aromatic carbocycles. The molecule has 2 aromatic heterocycles. The Morgan fingerprint density at radius 3 is 2.23 bits per heavy atom. The summed E-state index contributed by atoms with van der Waals surface area (Å²) in [7, 11) is -2.22. The molecule has 0 spiro atoms. The lowest BCUT2D eigenvalue weighted by Crippen LogP contribution is -2.33. The summed E-state index contributed by atoms with van der Waals surface area (Å²) in [5.74, 6) is -0.468. The lowest BCUT2D eigenvalue weighted by atomic mass is 9.97. The van der Waals surface area contributed by atoms with Gasteiger partial charge >= 0.3 is 25.8 Å². The van der Waals surface area contributed by atoms with Crippen LogP contribution in [0.4, 0.5) is 5.82 Å². The molecular weight excluding hydrogens is 421 g/mol. The molecule has 2 rings (SSSR count). The van der Waals surface area contributed by atoms with Gasteiger partial charge in [-0.25, -0.2) is 15.0 Å². The molecule has 0 fully saturated rings. The minimum Gasteiger partial charge on any atom is -0.384 e. The summed E-state index contributed by atoms with van der Waals surface area (Å²) in [4.78, 5) is 39.9. The maximum Gasteiger partial charge on any atom is 0.451 e. The van der Waals surface area contributed by atoms with E-state index in [1.807, 2.05) is 0 Å². The maximum absolute atomic E-state index is 12.8. The number of ether oxygens (including phenoxy) is 2. The van der Waals surface area contributed by atoms with Crippen molar-refractivity contribution in [3.8, 4) is 0 Å². The van der Waals surface area contributed by atoms with Gasteiger partial charge in [0.1, 0.15) is 11.3 Å². The third-order valence-corrected chi connectivity index (χ3v) is 5.24. The Morgan fingerprint density at radius 1 is 1.10 bits per heavy atom. The van der Waals surface area contributed by atoms with Crippen LogP contribution in [0.1, 0.15) is 47.4 Å². The van der Waals surface area contributed by atoms with E-state index in [1.165, 1.54) is 6.33 Å². The summed E-state index contributed by atoms with van der Waals surface area (Å²) in [6.45, 7) is 9.96. The van der Waals surface area contributed by atoms with Gasteiger partial charge in [0.15, 0.2) is 17.6 Å². The Balaban J connectivity index is 2.05. The zero-order valence-electron chi connectivity index (χ0n) is 18.6. The number of carbonyl (C=O) groups excluding carboxylic acids is 2. The highest BCUT2D eigenvalue weighted by Crippen LogP contribution is 2.34. The van der Waals surface area contributed by atoms with Crippen molar-refractivity contribution >= 4 is 36.7 Å². The number of H-pyrrole nitrogens is 1. The van der Waals surface area contributed by atoms with Gasteiger partial charge in [-0.15, -0.1) is 0 Å².